The molecule has 0 aliphatic heterocycles. The van der Waals surface area contributed by atoms with Gasteiger partial charge in [-0.25, -0.2) is 8.42 Å². The van der Waals surface area contributed by atoms with Crippen molar-refractivity contribution in [1.29, 1.82) is 0 Å². The molecule has 0 bridgehead atoms. The second kappa shape index (κ2) is 11.2. The van der Waals surface area contributed by atoms with E-state index in [0.29, 0.717) is 0 Å². The predicted octanol–water partition coefficient (Wildman–Crippen LogP) is 2.95. The van der Waals surface area contributed by atoms with E-state index in [9.17, 15) is 18.0 Å². The smallest absolute Gasteiger partial charge is 0.243 e. The summed E-state index contributed by atoms with van der Waals surface area (Å²) in [4.78, 5) is 27.5. The Morgan fingerprint density at radius 1 is 1.00 bits per heavy atom. The number of likely N-dealkylation sites (N-methyl/N-ethyl adjacent to an activating group) is 1. The van der Waals surface area contributed by atoms with Gasteiger partial charge in [0.2, 0.25) is 21.8 Å². The van der Waals surface area contributed by atoms with E-state index < -0.39 is 22.0 Å². The second-order valence-electron chi connectivity index (χ2n) is 8.08. The van der Waals surface area contributed by atoms with E-state index in [1.807, 2.05) is 51.1 Å². The van der Waals surface area contributed by atoms with E-state index in [1.165, 1.54) is 24.1 Å². The molecule has 0 saturated heterocycles. The minimum atomic E-state index is -3.84. The molecule has 0 saturated carbocycles. The fourth-order valence-electron chi connectivity index (χ4n) is 3.08. The van der Waals surface area contributed by atoms with Crippen LogP contribution < -0.4 is 5.32 Å². The normalized spacial score (nSPS) is 13.4. The van der Waals surface area contributed by atoms with Crippen molar-refractivity contribution in [2.24, 2.45) is 0 Å². The number of sulfonamides is 1. The molecule has 2 atom stereocenters. The molecule has 2 aromatic carbocycles. The Balaban J connectivity index is 2.24. The second-order valence-corrected chi connectivity index (χ2v) is 10.1. The van der Waals surface area contributed by atoms with Gasteiger partial charge in [0.25, 0.3) is 0 Å². The van der Waals surface area contributed by atoms with Gasteiger partial charge in [-0.05, 0) is 44.9 Å². The van der Waals surface area contributed by atoms with Gasteiger partial charge in [-0.2, -0.15) is 4.31 Å². The van der Waals surface area contributed by atoms with Crippen LogP contribution in [0.15, 0.2) is 59.5 Å². The number of amides is 2. The zero-order valence-corrected chi connectivity index (χ0v) is 20.2. The summed E-state index contributed by atoms with van der Waals surface area (Å²) in [6, 6.07) is 15.0. The molecule has 2 amide bonds. The highest BCUT2D eigenvalue weighted by Gasteiger charge is 2.30. The summed E-state index contributed by atoms with van der Waals surface area (Å²) in [6.45, 7) is 7.23. The van der Waals surface area contributed by atoms with E-state index in [-0.39, 0.29) is 29.9 Å². The number of carbonyl (C=O) groups is 2. The molecule has 0 radical (unpaired) electrons. The molecule has 2 aromatic rings. The summed E-state index contributed by atoms with van der Waals surface area (Å²) >= 11 is 0. The minimum absolute atomic E-state index is 0.0248. The van der Waals surface area contributed by atoms with Crippen LogP contribution in [0, 0.1) is 6.92 Å². The van der Waals surface area contributed by atoms with Crippen molar-refractivity contribution >= 4 is 21.8 Å². The molecule has 0 spiro atoms. The number of hydrogen-bond donors (Lipinski definition) is 1. The van der Waals surface area contributed by atoms with Crippen LogP contribution in [0.3, 0.4) is 0 Å². The number of benzene rings is 2. The van der Waals surface area contributed by atoms with Crippen LogP contribution in [-0.2, 0) is 26.2 Å². The van der Waals surface area contributed by atoms with Crippen LogP contribution in [0.1, 0.15) is 38.3 Å². The molecule has 0 aliphatic rings. The number of carbonyl (C=O) groups excluding carboxylic acids is 2. The number of nitrogens with one attached hydrogen (secondary N) is 1. The Hall–Kier alpha value is -2.71. The summed E-state index contributed by atoms with van der Waals surface area (Å²) in [5.74, 6) is -0.716. The van der Waals surface area contributed by atoms with E-state index in [1.54, 1.807) is 19.1 Å². The zero-order valence-electron chi connectivity index (χ0n) is 19.4. The van der Waals surface area contributed by atoms with Gasteiger partial charge in [0, 0.05) is 19.6 Å². The Morgan fingerprint density at radius 2 is 1.59 bits per heavy atom. The number of rotatable bonds is 10. The molecule has 0 heterocycles. The van der Waals surface area contributed by atoms with Gasteiger partial charge in [0.15, 0.2) is 0 Å². The van der Waals surface area contributed by atoms with Gasteiger partial charge < -0.3 is 10.2 Å². The molecule has 0 fully saturated rings. The average molecular weight is 460 g/mol. The lowest BCUT2D eigenvalue weighted by molar-refractivity contribution is -0.140. The molecule has 0 aliphatic carbocycles. The summed E-state index contributed by atoms with van der Waals surface area (Å²) in [6.07, 6.45) is 0.766. The quantitative estimate of drug-likeness (QED) is 0.592. The van der Waals surface area contributed by atoms with Crippen molar-refractivity contribution in [2.45, 2.75) is 57.6 Å². The highest BCUT2D eigenvalue weighted by molar-refractivity contribution is 7.89. The molecule has 0 aromatic heterocycles. The minimum Gasteiger partial charge on any atom is -0.352 e. The van der Waals surface area contributed by atoms with Crippen LogP contribution in [0.25, 0.3) is 0 Å². The third-order valence-electron chi connectivity index (χ3n) is 5.45. The van der Waals surface area contributed by atoms with E-state index in [0.717, 1.165) is 21.9 Å². The fourth-order valence-corrected chi connectivity index (χ4v) is 4.21. The van der Waals surface area contributed by atoms with Gasteiger partial charge in [-0.15, -0.1) is 0 Å². The Morgan fingerprint density at radius 3 is 2.16 bits per heavy atom. The van der Waals surface area contributed by atoms with E-state index in [4.69, 9.17) is 0 Å². The molecule has 7 nitrogen and oxygen atoms in total. The molecule has 2 rings (SSSR count). The SMILES string of the molecule is CC[C@@H](C)NC(=O)[C@H](C)N(Cc1ccccc1)C(=O)CN(C)S(=O)(=O)c1ccc(C)cc1. The maximum atomic E-state index is 13.2. The first-order chi connectivity index (χ1) is 15.1. The summed E-state index contributed by atoms with van der Waals surface area (Å²) in [7, 11) is -2.47. The molecule has 32 heavy (non-hydrogen) atoms. The number of nitrogens with zero attached hydrogens (tertiary/aromatic N) is 2. The van der Waals surface area contributed by atoms with Gasteiger partial charge in [0.05, 0.1) is 11.4 Å². The monoisotopic (exact) mass is 459 g/mol. The maximum absolute atomic E-state index is 13.2. The first-order valence-corrected chi connectivity index (χ1v) is 12.2. The van der Waals surface area contributed by atoms with Crippen molar-refractivity contribution in [3.8, 4) is 0 Å². The first-order valence-electron chi connectivity index (χ1n) is 10.7. The molecular formula is C24H33N3O4S. The topological polar surface area (TPSA) is 86.8 Å². The lowest BCUT2D eigenvalue weighted by atomic mass is 10.1. The van der Waals surface area contributed by atoms with Crippen molar-refractivity contribution < 1.29 is 18.0 Å². The van der Waals surface area contributed by atoms with Crippen LogP contribution >= 0.6 is 0 Å². The van der Waals surface area contributed by atoms with Gasteiger partial charge in [-0.3, -0.25) is 9.59 Å². The number of hydrogen-bond acceptors (Lipinski definition) is 4. The lowest BCUT2D eigenvalue weighted by Crippen LogP contribution is -2.51. The molecule has 8 heteroatoms. The standard InChI is InChI=1S/C24H33N3O4S/c1-6-19(3)25-24(29)20(4)27(16-21-10-8-7-9-11-21)23(28)17-26(5)32(30,31)22-14-12-18(2)13-15-22/h7-15,19-20H,6,16-17H2,1-5H3,(H,25,29)/t19-,20+/m1/s1. The largest absolute Gasteiger partial charge is 0.352 e. The molecule has 0 unspecified atom stereocenters. The zero-order chi connectivity index (χ0) is 23.9. The number of aryl methyl sites for hydroxylation is 1. The predicted molar refractivity (Wildman–Crippen MR) is 125 cm³/mol. The third-order valence-corrected chi connectivity index (χ3v) is 7.27. The van der Waals surface area contributed by atoms with Gasteiger partial charge in [0.1, 0.15) is 6.04 Å². The summed E-state index contributed by atoms with van der Waals surface area (Å²) in [5.41, 5.74) is 1.80. The fraction of sp³-hybridized carbons (Fsp3) is 0.417. The van der Waals surface area contributed by atoms with Gasteiger partial charge >= 0.3 is 0 Å². The Bertz CT molecular complexity index is 1010. The van der Waals surface area contributed by atoms with Crippen LogP contribution in [0.2, 0.25) is 0 Å². The third kappa shape index (κ3) is 6.64. The van der Waals surface area contributed by atoms with Crippen molar-refractivity contribution in [3.63, 3.8) is 0 Å². The van der Waals surface area contributed by atoms with E-state index >= 15 is 0 Å². The van der Waals surface area contributed by atoms with Gasteiger partial charge in [-0.1, -0.05) is 55.0 Å². The van der Waals surface area contributed by atoms with Crippen LogP contribution in [-0.4, -0.2) is 55.1 Å². The van der Waals surface area contributed by atoms with Crippen molar-refractivity contribution in [1.82, 2.24) is 14.5 Å². The molecule has 174 valence electrons. The van der Waals surface area contributed by atoms with Crippen LogP contribution in [0.5, 0.6) is 0 Å². The van der Waals surface area contributed by atoms with Crippen molar-refractivity contribution in [3.05, 3.63) is 65.7 Å². The molecule has 1 N–H and O–H groups in total. The summed E-state index contributed by atoms with van der Waals surface area (Å²) < 4.78 is 26.9. The Labute approximate surface area is 191 Å². The highest BCUT2D eigenvalue weighted by Crippen LogP contribution is 2.16. The van der Waals surface area contributed by atoms with Crippen molar-refractivity contribution in [2.75, 3.05) is 13.6 Å². The highest BCUT2D eigenvalue weighted by atomic mass is 32.2. The molecular weight excluding hydrogens is 426 g/mol. The maximum Gasteiger partial charge on any atom is 0.243 e. The van der Waals surface area contributed by atoms with Crippen LogP contribution in [0.4, 0.5) is 0 Å². The lowest BCUT2D eigenvalue weighted by Gasteiger charge is -2.31. The first kappa shape index (κ1) is 25.5. The van der Waals surface area contributed by atoms with E-state index in [2.05, 4.69) is 5.32 Å². The summed E-state index contributed by atoms with van der Waals surface area (Å²) in [5, 5.41) is 2.90. The Kier molecular flexibility index (Phi) is 8.98. The average Bonchev–Trinajstić information content (AvgIpc) is 2.77.